The Labute approximate surface area is 55.7 Å². The molecular weight excluding hydrogens is 114 g/mol. The molecule has 0 saturated heterocycles. The minimum Gasteiger partial charge on any atom is -0.157 e. The van der Waals surface area contributed by atoms with Gasteiger partial charge in [0, 0.05) is 0 Å². The number of aryl methyl sites for hydroxylation is 1. The molecule has 0 aliphatic carbocycles. The van der Waals surface area contributed by atoms with E-state index in [1.807, 2.05) is 11.3 Å². The first-order valence-corrected chi connectivity index (χ1v) is 3.55. The molecule has 0 atom stereocenters. The van der Waals surface area contributed by atoms with Gasteiger partial charge in [-0.3, -0.25) is 0 Å². The summed E-state index contributed by atoms with van der Waals surface area (Å²) in [5.41, 5.74) is 1.42. The molecule has 0 unspecified atom stereocenters. The Morgan fingerprint density at radius 1 is 1.50 bits per heavy atom. The second-order valence-corrected chi connectivity index (χ2v) is 3.56. The van der Waals surface area contributed by atoms with Crippen LogP contribution < -0.4 is 10.2 Å². The van der Waals surface area contributed by atoms with Gasteiger partial charge in [-0.2, -0.15) is 11.3 Å². The third kappa shape index (κ3) is 0.972. The fourth-order valence-corrected chi connectivity index (χ4v) is 1.70. The van der Waals surface area contributed by atoms with E-state index in [0.717, 1.165) is 0 Å². The molecule has 8 heavy (non-hydrogen) atoms. The van der Waals surface area contributed by atoms with Gasteiger partial charge in [-0.1, -0.05) is 11.5 Å². The lowest BCUT2D eigenvalue weighted by Crippen LogP contribution is -2.02. The van der Waals surface area contributed by atoms with E-state index in [4.69, 9.17) is 0 Å². The van der Waals surface area contributed by atoms with Crippen molar-refractivity contribution >= 4 is 37.3 Å². The van der Waals surface area contributed by atoms with Crippen LogP contribution in [0, 0.1) is 6.92 Å². The highest BCUT2D eigenvalue weighted by molar-refractivity contribution is 7.20. The van der Waals surface area contributed by atoms with Crippen LogP contribution in [0.15, 0.2) is 6.07 Å². The molecule has 40 valence electrons. The van der Waals surface area contributed by atoms with Crippen molar-refractivity contribution in [1.82, 2.24) is 0 Å². The van der Waals surface area contributed by atoms with E-state index in [0.29, 0.717) is 0 Å². The normalized spacial score (nSPS) is 9.62. The van der Waals surface area contributed by atoms with Crippen LogP contribution in [0.5, 0.6) is 0 Å². The first-order chi connectivity index (χ1) is 3.70. The predicted molar refractivity (Wildman–Crippen MR) is 45.4 cm³/mol. The van der Waals surface area contributed by atoms with Crippen LogP contribution in [0.25, 0.3) is 0 Å². The van der Waals surface area contributed by atoms with E-state index in [2.05, 4.69) is 28.7 Å². The summed E-state index contributed by atoms with van der Waals surface area (Å²) in [6.45, 7) is 2.16. The third-order valence-corrected chi connectivity index (χ3v) is 2.36. The molecule has 0 radical (unpaired) electrons. The molecule has 1 aromatic heterocycles. The topological polar surface area (TPSA) is 0 Å². The maximum atomic E-state index is 2.22. The molecule has 1 rings (SSSR count). The molecule has 0 aromatic carbocycles. The molecule has 0 fully saturated rings. The largest absolute Gasteiger partial charge is 0.157 e. The van der Waals surface area contributed by atoms with Crippen molar-refractivity contribution in [3.05, 3.63) is 10.9 Å². The Morgan fingerprint density at radius 3 is 2.25 bits per heavy atom. The Balaban J connectivity index is 3.14. The Morgan fingerprint density at radius 2 is 2.12 bits per heavy atom. The summed E-state index contributed by atoms with van der Waals surface area (Å²) in [5, 5.41) is 0. The van der Waals surface area contributed by atoms with Crippen molar-refractivity contribution < 1.29 is 0 Å². The van der Waals surface area contributed by atoms with E-state index in [1.165, 1.54) is 15.1 Å². The average Bonchev–Trinajstić information content (AvgIpc) is 1.85. The quantitative estimate of drug-likeness (QED) is 0.370. The summed E-state index contributed by atoms with van der Waals surface area (Å²) < 4.78 is 1.42. The smallest absolute Gasteiger partial charge is 0.152 e. The molecule has 0 N–H and O–H groups in total. The van der Waals surface area contributed by atoms with Crippen LogP contribution in [-0.2, 0) is 0 Å². The molecule has 0 aliphatic rings. The standard InChI is InChI=1S/C5H8B2S/c1-3-4(6)2-5(7)8-3/h2H,6-7H2,1H3. The summed E-state index contributed by atoms with van der Waals surface area (Å²) in [6, 6.07) is 2.22. The van der Waals surface area contributed by atoms with E-state index < -0.39 is 0 Å². The van der Waals surface area contributed by atoms with Gasteiger partial charge in [0.1, 0.15) is 7.85 Å². The van der Waals surface area contributed by atoms with Crippen LogP contribution in [-0.4, -0.2) is 15.7 Å². The van der Waals surface area contributed by atoms with Gasteiger partial charge in [-0.15, -0.1) is 0 Å². The summed E-state index contributed by atoms with van der Waals surface area (Å²) >= 11 is 1.87. The van der Waals surface area contributed by atoms with Crippen molar-refractivity contribution in [2.75, 3.05) is 0 Å². The highest BCUT2D eigenvalue weighted by Gasteiger charge is 1.93. The monoisotopic (exact) mass is 122 g/mol. The van der Waals surface area contributed by atoms with Crippen molar-refractivity contribution in [3.63, 3.8) is 0 Å². The summed E-state index contributed by atoms with van der Waals surface area (Å²) in [5.74, 6) is 0. The molecule has 0 saturated carbocycles. The number of rotatable bonds is 0. The lowest BCUT2D eigenvalue weighted by Gasteiger charge is -1.79. The van der Waals surface area contributed by atoms with Crippen LogP contribution in [0.4, 0.5) is 0 Å². The fourth-order valence-electron chi connectivity index (χ4n) is 0.758. The summed E-state index contributed by atoms with van der Waals surface area (Å²) in [7, 11) is 4.30. The zero-order valence-electron chi connectivity index (χ0n) is 5.49. The fraction of sp³-hybridized carbons (Fsp3) is 0.200. The van der Waals surface area contributed by atoms with E-state index in [1.54, 1.807) is 0 Å². The van der Waals surface area contributed by atoms with E-state index in [-0.39, 0.29) is 0 Å². The SMILES string of the molecule is Bc1cc(B)c(C)s1. The van der Waals surface area contributed by atoms with Gasteiger partial charge < -0.3 is 0 Å². The molecule has 3 heteroatoms. The minimum atomic E-state index is 1.42. The highest BCUT2D eigenvalue weighted by Crippen LogP contribution is 1.96. The summed E-state index contributed by atoms with van der Waals surface area (Å²) in [6.07, 6.45) is 0. The van der Waals surface area contributed by atoms with Crippen LogP contribution in [0.2, 0.25) is 0 Å². The number of thiophene rings is 1. The van der Waals surface area contributed by atoms with E-state index >= 15 is 0 Å². The van der Waals surface area contributed by atoms with Crippen LogP contribution >= 0.6 is 11.3 Å². The molecule has 0 bridgehead atoms. The number of hydrogen-bond acceptors (Lipinski definition) is 1. The second kappa shape index (κ2) is 1.98. The van der Waals surface area contributed by atoms with E-state index in [9.17, 15) is 0 Å². The lowest BCUT2D eigenvalue weighted by molar-refractivity contribution is 1.69. The van der Waals surface area contributed by atoms with Gasteiger partial charge in [0.25, 0.3) is 0 Å². The maximum absolute atomic E-state index is 2.22. The lowest BCUT2D eigenvalue weighted by atomic mass is 9.94. The van der Waals surface area contributed by atoms with Crippen molar-refractivity contribution in [2.45, 2.75) is 6.92 Å². The van der Waals surface area contributed by atoms with Crippen molar-refractivity contribution in [2.24, 2.45) is 0 Å². The molecular formula is C5H8B2S. The Kier molecular flexibility index (Phi) is 1.47. The summed E-state index contributed by atoms with van der Waals surface area (Å²) in [4.78, 5) is 1.45. The highest BCUT2D eigenvalue weighted by atomic mass is 32.1. The molecule has 1 aromatic rings. The van der Waals surface area contributed by atoms with Gasteiger partial charge in [0.15, 0.2) is 7.85 Å². The molecule has 0 nitrogen and oxygen atoms in total. The van der Waals surface area contributed by atoms with Crippen molar-refractivity contribution in [3.8, 4) is 0 Å². The molecule has 0 spiro atoms. The predicted octanol–water partition coefficient (Wildman–Crippen LogP) is -1.43. The van der Waals surface area contributed by atoms with Crippen LogP contribution in [0.3, 0.4) is 0 Å². The first kappa shape index (κ1) is 5.96. The number of hydrogen-bond donors (Lipinski definition) is 0. The average molecular weight is 122 g/mol. The van der Waals surface area contributed by atoms with Gasteiger partial charge in [-0.25, -0.2) is 0 Å². The van der Waals surface area contributed by atoms with Gasteiger partial charge in [0.05, 0.1) is 0 Å². The van der Waals surface area contributed by atoms with Gasteiger partial charge in [-0.05, 0) is 16.6 Å². The Hall–Kier alpha value is -0.170. The van der Waals surface area contributed by atoms with Crippen molar-refractivity contribution in [1.29, 1.82) is 0 Å². The van der Waals surface area contributed by atoms with Gasteiger partial charge in [0.2, 0.25) is 0 Å². The van der Waals surface area contributed by atoms with Gasteiger partial charge >= 0.3 is 0 Å². The molecule has 0 amide bonds. The second-order valence-electron chi connectivity index (χ2n) is 2.10. The zero-order valence-corrected chi connectivity index (χ0v) is 6.30. The Bertz CT molecular complexity index is 173. The zero-order chi connectivity index (χ0) is 6.15. The molecule has 1 heterocycles. The maximum Gasteiger partial charge on any atom is 0.152 e. The molecule has 0 aliphatic heterocycles. The minimum absolute atomic E-state index is 1.42. The van der Waals surface area contributed by atoms with Crippen LogP contribution in [0.1, 0.15) is 4.88 Å². The first-order valence-electron chi connectivity index (χ1n) is 2.74. The third-order valence-electron chi connectivity index (χ3n) is 1.29.